The normalized spacial score (nSPS) is 21.2. The number of benzene rings is 1. The Bertz CT molecular complexity index is 532. The van der Waals surface area contributed by atoms with Gasteiger partial charge in [-0.3, -0.25) is 4.79 Å². The number of ether oxygens (including phenoxy) is 1. The standard InChI is InChI=1S/C19H28N2O3/c22-18(14-19(23)10-2-1-3-11-19)21-16-6-4-15(5-7-16)20-17-8-12-24-13-9-17/h4-7,17,20,23H,1-3,8-14H2,(H,21,22). The van der Waals surface area contributed by atoms with Gasteiger partial charge in [-0.25, -0.2) is 0 Å². The molecule has 1 aromatic rings. The minimum Gasteiger partial charge on any atom is -0.389 e. The summed E-state index contributed by atoms with van der Waals surface area (Å²) in [4.78, 5) is 12.2. The van der Waals surface area contributed by atoms with E-state index in [0.29, 0.717) is 6.04 Å². The highest BCUT2D eigenvalue weighted by Crippen LogP contribution is 2.31. The van der Waals surface area contributed by atoms with E-state index in [1.54, 1.807) is 0 Å². The Labute approximate surface area is 143 Å². The second kappa shape index (κ2) is 7.99. The van der Waals surface area contributed by atoms with Gasteiger partial charge in [-0.2, -0.15) is 0 Å². The molecule has 1 aliphatic heterocycles. The molecule has 0 aromatic heterocycles. The average Bonchev–Trinajstić information content (AvgIpc) is 2.58. The maximum absolute atomic E-state index is 12.2. The summed E-state index contributed by atoms with van der Waals surface area (Å²) in [5.74, 6) is -0.107. The first kappa shape index (κ1) is 17.2. The third kappa shape index (κ3) is 4.95. The molecule has 3 N–H and O–H groups in total. The van der Waals surface area contributed by atoms with E-state index in [4.69, 9.17) is 4.74 Å². The highest BCUT2D eigenvalue weighted by atomic mass is 16.5. The lowest BCUT2D eigenvalue weighted by Crippen LogP contribution is -2.35. The number of hydrogen-bond donors (Lipinski definition) is 3. The quantitative estimate of drug-likeness (QED) is 0.774. The monoisotopic (exact) mass is 332 g/mol. The van der Waals surface area contributed by atoms with Crippen molar-refractivity contribution in [2.45, 2.75) is 63.0 Å². The van der Waals surface area contributed by atoms with Gasteiger partial charge in [0.2, 0.25) is 5.91 Å². The second-order valence-corrected chi connectivity index (χ2v) is 7.12. The molecule has 1 heterocycles. The van der Waals surface area contributed by atoms with Crippen molar-refractivity contribution in [1.29, 1.82) is 0 Å². The van der Waals surface area contributed by atoms with Crippen LogP contribution in [0.15, 0.2) is 24.3 Å². The molecule has 0 radical (unpaired) electrons. The number of anilines is 2. The molecule has 132 valence electrons. The van der Waals surface area contributed by atoms with Crippen LogP contribution in [0.4, 0.5) is 11.4 Å². The van der Waals surface area contributed by atoms with E-state index in [1.165, 1.54) is 0 Å². The van der Waals surface area contributed by atoms with Crippen LogP contribution in [0.5, 0.6) is 0 Å². The van der Waals surface area contributed by atoms with Crippen molar-refractivity contribution >= 4 is 17.3 Å². The summed E-state index contributed by atoms with van der Waals surface area (Å²) >= 11 is 0. The van der Waals surface area contributed by atoms with Crippen LogP contribution in [0.3, 0.4) is 0 Å². The molecule has 0 bridgehead atoms. The Morgan fingerprint density at radius 2 is 1.71 bits per heavy atom. The van der Waals surface area contributed by atoms with Crippen LogP contribution in [-0.2, 0) is 9.53 Å². The van der Waals surface area contributed by atoms with Crippen LogP contribution >= 0.6 is 0 Å². The second-order valence-electron chi connectivity index (χ2n) is 7.12. The van der Waals surface area contributed by atoms with Gasteiger partial charge in [0, 0.05) is 30.6 Å². The van der Waals surface area contributed by atoms with E-state index in [-0.39, 0.29) is 12.3 Å². The molecule has 2 fully saturated rings. The number of carbonyl (C=O) groups excluding carboxylic acids is 1. The van der Waals surface area contributed by atoms with Gasteiger partial charge < -0.3 is 20.5 Å². The summed E-state index contributed by atoms with van der Waals surface area (Å²) in [6.07, 6.45) is 6.88. The third-order valence-electron chi connectivity index (χ3n) is 5.03. The molecule has 2 aliphatic rings. The summed E-state index contributed by atoms with van der Waals surface area (Å²) in [6, 6.07) is 8.25. The molecule has 5 nitrogen and oxygen atoms in total. The molecule has 0 spiro atoms. The molecular weight excluding hydrogens is 304 g/mol. The fourth-order valence-electron chi connectivity index (χ4n) is 3.62. The van der Waals surface area contributed by atoms with Crippen molar-refractivity contribution in [1.82, 2.24) is 0 Å². The van der Waals surface area contributed by atoms with Crippen molar-refractivity contribution < 1.29 is 14.6 Å². The smallest absolute Gasteiger partial charge is 0.227 e. The Balaban J connectivity index is 1.49. The van der Waals surface area contributed by atoms with Crippen molar-refractivity contribution in [3.8, 4) is 0 Å². The maximum Gasteiger partial charge on any atom is 0.227 e. The molecule has 5 heteroatoms. The number of aliphatic hydroxyl groups is 1. The van der Waals surface area contributed by atoms with Crippen LogP contribution in [-0.4, -0.2) is 35.9 Å². The fraction of sp³-hybridized carbons (Fsp3) is 0.632. The zero-order valence-electron chi connectivity index (χ0n) is 14.2. The molecule has 0 unspecified atom stereocenters. The first-order valence-electron chi connectivity index (χ1n) is 9.10. The SMILES string of the molecule is O=C(CC1(O)CCCCC1)Nc1ccc(NC2CCOCC2)cc1. The summed E-state index contributed by atoms with van der Waals surface area (Å²) in [5, 5.41) is 16.9. The first-order chi connectivity index (χ1) is 11.6. The number of nitrogens with one attached hydrogen (secondary N) is 2. The highest BCUT2D eigenvalue weighted by molar-refractivity contribution is 5.91. The van der Waals surface area contributed by atoms with Crippen molar-refractivity contribution in [2.24, 2.45) is 0 Å². The van der Waals surface area contributed by atoms with E-state index in [1.807, 2.05) is 24.3 Å². The van der Waals surface area contributed by atoms with Gasteiger partial charge in [-0.05, 0) is 49.9 Å². The van der Waals surface area contributed by atoms with Crippen LogP contribution in [0.25, 0.3) is 0 Å². The minimum absolute atomic E-state index is 0.107. The van der Waals surface area contributed by atoms with Gasteiger partial charge in [0.1, 0.15) is 0 Å². The maximum atomic E-state index is 12.2. The lowest BCUT2D eigenvalue weighted by Gasteiger charge is -2.31. The minimum atomic E-state index is -0.813. The van der Waals surface area contributed by atoms with Crippen molar-refractivity contribution in [3.63, 3.8) is 0 Å². The van der Waals surface area contributed by atoms with Gasteiger partial charge in [0.05, 0.1) is 12.0 Å². The lowest BCUT2D eigenvalue weighted by molar-refractivity contribution is -0.122. The number of amides is 1. The van der Waals surface area contributed by atoms with Crippen molar-refractivity contribution in [3.05, 3.63) is 24.3 Å². The Kier molecular flexibility index (Phi) is 5.74. The number of carbonyl (C=O) groups is 1. The van der Waals surface area contributed by atoms with Crippen LogP contribution in [0.2, 0.25) is 0 Å². The van der Waals surface area contributed by atoms with E-state index in [2.05, 4.69) is 10.6 Å². The zero-order valence-corrected chi connectivity index (χ0v) is 14.2. The van der Waals surface area contributed by atoms with Gasteiger partial charge in [0.25, 0.3) is 0 Å². The van der Waals surface area contributed by atoms with E-state index in [0.717, 1.165) is 69.5 Å². The van der Waals surface area contributed by atoms with Gasteiger partial charge in [0.15, 0.2) is 0 Å². The molecular formula is C19H28N2O3. The van der Waals surface area contributed by atoms with Gasteiger partial charge in [-0.1, -0.05) is 19.3 Å². The topological polar surface area (TPSA) is 70.6 Å². The molecule has 24 heavy (non-hydrogen) atoms. The largest absolute Gasteiger partial charge is 0.389 e. The van der Waals surface area contributed by atoms with E-state index in [9.17, 15) is 9.90 Å². The van der Waals surface area contributed by atoms with E-state index >= 15 is 0 Å². The Morgan fingerprint density at radius 1 is 1.08 bits per heavy atom. The Hall–Kier alpha value is -1.59. The Morgan fingerprint density at radius 3 is 2.38 bits per heavy atom. The van der Waals surface area contributed by atoms with Crippen LogP contribution in [0, 0.1) is 0 Å². The molecule has 1 amide bonds. The molecule has 3 rings (SSSR count). The fourth-order valence-corrected chi connectivity index (χ4v) is 3.62. The number of rotatable bonds is 5. The first-order valence-corrected chi connectivity index (χ1v) is 9.10. The zero-order chi connectivity index (χ0) is 16.8. The lowest BCUT2D eigenvalue weighted by atomic mass is 9.82. The van der Waals surface area contributed by atoms with E-state index < -0.39 is 5.60 Å². The molecule has 0 atom stereocenters. The predicted molar refractivity (Wildman–Crippen MR) is 95.2 cm³/mol. The summed E-state index contributed by atoms with van der Waals surface area (Å²) < 4.78 is 5.36. The van der Waals surface area contributed by atoms with Gasteiger partial charge in [-0.15, -0.1) is 0 Å². The highest BCUT2D eigenvalue weighted by Gasteiger charge is 2.31. The summed E-state index contributed by atoms with van der Waals surface area (Å²) in [6.45, 7) is 1.63. The summed E-state index contributed by atoms with van der Waals surface area (Å²) in [5.41, 5.74) is 1.02. The summed E-state index contributed by atoms with van der Waals surface area (Å²) in [7, 11) is 0. The van der Waals surface area contributed by atoms with Crippen molar-refractivity contribution in [2.75, 3.05) is 23.8 Å². The molecule has 1 saturated heterocycles. The van der Waals surface area contributed by atoms with Crippen LogP contribution in [0.1, 0.15) is 51.4 Å². The number of hydrogen-bond acceptors (Lipinski definition) is 4. The predicted octanol–water partition coefficient (Wildman–Crippen LogP) is 3.30. The average molecular weight is 332 g/mol. The molecule has 1 aromatic carbocycles. The third-order valence-corrected chi connectivity index (χ3v) is 5.03. The van der Waals surface area contributed by atoms with Gasteiger partial charge >= 0.3 is 0 Å². The van der Waals surface area contributed by atoms with Crippen LogP contribution < -0.4 is 10.6 Å². The molecule has 1 saturated carbocycles. The molecule has 1 aliphatic carbocycles.